The number of carbonyl (C=O) groups excluding carboxylic acids is 1. The summed E-state index contributed by atoms with van der Waals surface area (Å²) in [6, 6.07) is 0. The first-order chi connectivity index (χ1) is 19.2. The number of unbranched alkanes of at least 4 members (excludes halogenated alkanes) is 1. The third-order valence-corrected chi connectivity index (χ3v) is 12.1. The van der Waals surface area contributed by atoms with Gasteiger partial charge in [0.25, 0.3) is 0 Å². The highest BCUT2D eigenvalue weighted by molar-refractivity contribution is 5.67. The Morgan fingerprint density at radius 1 is 0.975 bits per heavy atom. The number of nitrogens with two attached hydrogens (primary N) is 1. The van der Waals surface area contributed by atoms with Gasteiger partial charge in [0.05, 0.1) is 0 Å². The van der Waals surface area contributed by atoms with E-state index in [2.05, 4.69) is 51.3 Å². The van der Waals surface area contributed by atoms with Crippen molar-refractivity contribution in [3.63, 3.8) is 0 Å². The summed E-state index contributed by atoms with van der Waals surface area (Å²) >= 11 is 0. The molecule has 4 rings (SSSR count). The molecule has 0 bridgehead atoms. The van der Waals surface area contributed by atoms with Crippen LogP contribution in [0.1, 0.15) is 125 Å². The van der Waals surface area contributed by atoms with Gasteiger partial charge in [-0.2, -0.15) is 0 Å². The Kier molecular flexibility index (Phi) is 11.5. The molecule has 8 atom stereocenters. The highest BCUT2D eigenvalue weighted by Gasteiger charge is 2.59. The van der Waals surface area contributed by atoms with Gasteiger partial charge in [-0.15, -0.1) is 0 Å². The summed E-state index contributed by atoms with van der Waals surface area (Å²) in [5.41, 5.74) is 7.98. The fourth-order valence-corrected chi connectivity index (χ4v) is 9.87. The second-order valence-corrected chi connectivity index (χ2v) is 15.1. The summed E-state index contributed by atoms with van der Waals surface area (Å²) in [5, 5.41) is 6.39. The standard InChI is InChI=1S/C35H63N3O2/c1-25(2)10-8-11-26(3)30-14-15-31-29-13-12-27-24-28(16-18-34(27,4)32(29)17-19-35(30,31)5)40-33(39)38-23-9-22-37-21-7-6-20-36/h12,25-26,28-32,37H,6-11,13-24,36H2,1-5H3,(H,38,39)/t26-,28+,29+,30-,31+,32?,34+,35-/m1/s1. The van der Waals surface area contributed by atoms with Crippen molar-refractivity contribution in [3.8, 4) is 0 Å². The number of hydrogen-bond donors (Lipinski definition) is 3. The van der Waals surface area contributed by atoms with E-state index >= 15 is 0 Å². The lowest BCUT2D eigenvalue weighted by molar-refractivity contribution is -0.0581. The zero-order valence-corrected chi connectivity index (χ0v) is 26.7. The SMILES string of the molecule is CC(C)CCC[C@@H](C)[C@H]1CC[C@H]2[C@@H]3CC=C4C[C@@H](OC(=O)NCCCNCCCCN)CC[C@]4(C)C3CC[C@]12C. The zero-order valence-electron chi connectivity index (χ0n) is 26.7. The van der Waals surface area contributed by atoms with Crippen LogP contribution < -0.4 is 16.4 Å². The van der Waals surface area contributed by atoms with Crippen molar-refractivity contribution < 1.29 is 9.53 Å². The molecule has 4 aliphatic rings. The van der Waals surface area contributed by atoms with Crippen molar-refractivity contribution in [1.29, 1.82) is 0 Å². The van der Waals surface area contributed by atoms with Crippen molar-refractivity contribution >= 4 is 6.09 Å². The quantitative estimate of drug-likeness (QED) is 0.150. The summed E-state index contributed by atoms with van der Waals surface area (Å²) < 4.78 is 5.93. The lowest BCUT2D eigenvalue weighted by Crippen LogP contribution is -2.51. The molecule has 40 heavy (non-hydrogen) atoms. The summed E-state index contributed by atoms with van der Waals surface area (Å²) in [4.78, 5) is 12.5. The van der Waals surface area contributed by atoms with Crippen LogP contribution in [-0.4, -0.2) is 38.4 Å². The number of fused-ring (bicyclic) bond motifs is 5. The maximum absolute atomic E-state index is 12.5. The Labute approximate surface area is 246 Å². The smallest absolute Gasteiger partial charge is 0.407 e. The predicted octanol–water partition coefficient (Wildman–Crippen LogP) is 7.84. The van der Waals surface area contributed by atoms with E-state index in [1.165, 1.54) is 57.8 Å². The molecule has 3 fully saturated rings. The van der Waals surface area contributed by atoms with Crippen LogP contribution in [0, 0.1) is 46.3 Å². The minimum absolute atomic E-state index is 0.0293. The van der Waals surface area contributed by atoms with Crippen LogP contribution in [0.25, 0.3) is 0 Å². The number of nitrogens with one attached hydrogen (secondary N) is 2. The van der Waals surface area contributed by atoms with Gasteiger partial charge < -0.3 is 21.1 Å². The fraction of sp³-hybridized carbons (Fsp3) is 0.914. The predicted molar refractivity (Wildman–Crippen MR) is 167 cm³/mol. The van der Waals surface area contributed by atoms with Crippen LogP contribution >= 0.6 is 0 Å². The molecule has 230 valence electrons. The lowest BCUT2D eigenvalue weighted by atomic mass is 9.47. The van der Waals surface area contributed by atoms with E-state index in [0.29, 0.717) is 17.4 Å². The van der Waals surface area contributed by atoms with Crippen LogP contribution in [0.4, 0.5) is 4.79 Å². The maximum Gasteiger partial charge on any atom is 0.407 e. The van der Waals surface area contributed by atoms with Gasteiger partial charge in [-0.25, -0.2) is 4.79 Å². The van der Waals surface area contributed by atoms with Gasteiger partial charge in [0.15, 0.2) is 0 Å². The number of hydrogen-bond acceptors (Lipinski definition) is 4. The normalized spacial score (nSPS) is 35.9. The Hall–Kier alpha value is -1.07. The largest absolute Gasteiger partial charge is 0.446 e. The van der Waals surface area contributed by atoms with Crippen LogP contribution in [0.3, 0.4) is 0 Å². The Bertz CT molecular complexity index is 842. The molecule has 5 nitrogen and oxygen atoms in total. The van der Waals surface area contributed by atoms with Crippen molar-refractivity contribution in [2.45, 2.75) is 131 Å². The first-order valence-corrected chi connectivity index (χ1v) is 17.2. The van der Waals surface area contributed by atoms with Crippen LogP contribution in [0.5, 0.6) is 0 Å². The van der Waals surface area contributed by atoms with E-state index in [1.54, 1.807) is 5.57 Å². The minimum Gasteiger partial charge on any atom is -0.446 e. The van der Waals surface area contributed by atoms with Gasteiger partial charge in [-0.3, -0.25) is 0 Å². The number of ether oxygens (including phenoxy) is 1. The van der Waals surface area contributed by atoms with Crippen molar-refractivity contribution in [1.82, 2.24) is 10.6 Å². The van der Waals surface area contributed by atoms with Gasteiger partial charge in [0.1, 0.15) is 6.10 Å². The fourth-order valence-electron chi connectivity index (χ4n) is 9.87. The molecule has 0 radical (unpaired) electrons. The monoisotopic (exact) mass is 557 g/mol. The molecule has 0 spiro atoms. The second kappa shape index (κ2) is 14.4. The summed E-state index contributed by atoms with van der Waals surface area (Å²) in [5.74, 6) is 5.18. The van der Waals surface area contributed by atoms with E-state index in [4.69, 9.17) is 10.5 Å². The molecule has 1 unspecified atom stereocenters. The molecule has 4 aliphatic carbocycles. The molecule has 1 amide bonds. The van der Waals surface area contributed by atoms with Gasteiger partial charge in [-0.1, -0.05) is 65.5 Å². The summed E-state index contributed by atoms with van der Waals surface area (Å²) in [7, 11) is 0. The lowest BCUT2D eigenvalue weighted by Gasteiger charge is -2.58. The molecule has 0 aliphatic heterocycles. The average molecular weight is 558 g/mol. The third kappa shape index (κ3) is 7.28. The highest BCUT2D eigenvalue weighted by atomic mass is 16.6. The molecule has 0 heterocycles. The Balaban J connectivity index is 1.26. The number of rotatable bonds is 14. The summed E-state index contributed by atoms with van der Waals surface area (Å²) in [6.45, 7) is 15.9. The van der Waals surface area contributed by atoms with Crippen molar-refractivity contribution in [3.05, 3.63) is 11.6 Å². The first-order valence-electron chi connectivity index (χ1n) is 17.2. The molecule has 0 aromatic heterocycles. The third-order valence-electron chi connectivity index (χ3n) is 12.1. The highest BCUT2D eigenvalue weighted by Crippen LogP contribution is 2.67. The molecular formula is C35H63N3O2. The number of carbonyl (C=O) groups is 1. The van der Waals surface area contributed by atoms with E-state index < -0.39 is 0 Å². The Morgan fingerprint density at radius 3 is 2.55 bits per heavy atom. The van der Waals surface area contributed by atoms with E-state index in [-0.39, 0.29) is 12.2 Å². The van der Waals surface area contributed by atoms with Gasteiger partial charge >= 0.3 is 6.09 Å². The molecule has 0 saturated heterocycles. The van der Waals surface area contributed by atoms with Gasteiger partial charge in [-0.05, 0) is 130 Å². The van der Waals surface area contributed by atoms with Gasteiger partial charge in [0.2, 0.25) is 0 Å². The molecule has 4 N–H and O–H groups in total. The van der Waals surface area contributed by atoms with Crippen LogP contribution in [0.2, 0.25) is 0 Å². The average Bonchev–Trinajstić information content (AvgIpc) is 3.27. The van der Waals surface area contributed by atoms with Crippen molar-refractivity contribution in [2.75, 3.05) is 26.2 Å². The number of allylic oxidation sites excluding steroid dienone is 1. The molecule has 0 aromatic carbocycles. The Morgan fingerprint density at radius 2 is 1.77 bits per heavy atom. The maximum atomic E-state index is 12.5. The number of alkyl carbamates (subject to hydrolysis) is 1. The van der Waals surface area contributed by atoms with E-state index in [9.17, 15) is 4.79 Å². The van der Waals surface area contributed by atoms with Crippen molar-refractivity contribution in [2.24, 2.45) is 52.1 Å². The van der Waals surface area contributed by atoms with Gasteiger partial charge in [0, 0.05) is 13.0 Å². The molecule has 3 saturated carbocycles. The number of amides is 1. The van der Waals surface area contributed by atoms with Crippen LogP contribution in [-0.2, 0) is 4.74 Å². The molecule has 0 aromatic rings. The van der Waals surface area contributed by atoms with Crippen LogP contribution in [0.15, 0.2) is 11.6 Å². The second-order valence-electron chi connectivity index (χ2n) is 15.1. The zero-order chi connectivity index (χ0) is 28.8. The molecule has 5 heteroatoms. The minimum atomic E-state index is -0.237. The van der Waals surface area contributed by atoms with E-state index in [1.807, 2.05) is 0 Å². The topological polar surface area (TPSA) is 76.4 Å². The molecular weight excluding hydrogens is 494 g/mol. The van der Waals surface area contributed by atoms with E-state index in [0.717, 1.165) is 87.2 Å². The summed E-state index contributed by atoms with van der Waals surface area (Å²) in [6.07, 6.45) is 19.8. The first kappa shape index (κ1) is 31.9.